The Labute approximate surface area is 109 Å². The third-order valence-electron chi connectivity index (χ3n) is 2.54. The smallest absolute Gasteiger partial charge is 0.335 e. The van der Waals surface area contributed by atoms with Gasteiger partial charge in [0.1, 0.15) is 11.4 Å². The van der Waals surface area contributed by atoms with Crippen LogP contribution >= 0.6 is 0 Å². The molecule has 1 amide bonds. The quantitative estimate of drug-likeness (QED) is 0.783. The summed E-state index contributed by atoms with van der Waals surface area (Å²) in [5, 5.41) is 11.5. The minimum absolute atomic E-state index is 0.0718. The van der Waals surface area contributed by atoms with Crippen molar-refractivity contribution in [2.75, 3.05) is 12.4 Å². The first-order valence-electron chi connectivity index (χ1n) is 5.48. The molecule has 6 nitrogen and oxygen atoms in total. The first-order chi connectivity index (χ1) is 9.11. The number of nitrogens with one attached hydrogen (secondary N) is 2. The number of hydrogen-bond acceptors (Lipinski definition) is 3. The van der Waals surface area contributed by atoms with Gasteiger partial charge < -0.3 is 20.1 Å². The van der Waals surface area contributed by atoms with Crippen LogP contribution < -0.4 is 10.1 Å². The van der Waals surface area contributed by atoms with Gasteiger partial charge in [0.25, 0.3) is 5.91 Å². The molecular weight excluding hydrogens is 248 g/mol. The number of aromatic amines is 1. The molecule has 6 heteroatoms. The lowest BCUT2D eigenvalue weighted by Gasteiger charge is -2.10. The maximum absolute atomic E-state index is 11.9. The van der Waals surface area contributed by atoms with Crippen LogP contribution in [0.2, 0.25) is 0 Å². The monoisotopic (exact) mass is 260 g/mol. The predicted molar refractivity (Wildman–Crippen MR) is 68.7 cm³/mol. The van der Waals surface area contributed by atoms with E-state index in [1.165, 1.54) is 25.3 Å². The van der Waals surface area contributed by atoms with Crippen LogP contribution in [0.3, 0.4) is 0 Å². The fraction of sp³-hybridized carbons (Fsp3) is 0.0769. The number of carbonyl (C=O) groups is 2. The van der Waals surface area contributed by atoms with Crippen LogP contribution in [0.1, 0.15) is 20.8 Å². The van der Waals surface area contributed by atoms with Gasteiger partial charge in [-0.3, -0.25) is 4.79 Å². The number of methoxy groups -OCH3 is 1. The van der Waals surface area contributed by atoms with Crippen LogP contribution in [0, 0.1) is 0 Å². The molecule has 0 bridgehead atoms. The van der Waals surface area contributed by atoms with E-state index in [1.54, 1.807) is 18.3 Å². The van der Waals surface area contributed by atoms with Crippen LogP contribution in [-0.4, -0.2) is 29.1 Å². The summed E-state index contributed by atoms with van der Waals surface area (Å²) < 4.78 is 5.08. The lowest BCUT2D eigenvalue weighted by Crippen LogP contribution is -2.13. The Bertz CT molecular complexity index is 605. The summed E-state index contributed by atoms with van der Waals surface area (Å²) in [6, 6.07) is 7.56. The minimum atomic E-state index is -1.07. The van der Waals surface area contributed by atoms with Gasteiger partial charge in [0, 0.05) is 6.20 Å². The molecule has 0 atom stereocenters. The first-order valence-corrected chi connectivity index (χ1v) is 5.48. The molecule has 0 saturated heterocycles. The molecule has 3 N–H and O–H groups in total. The molecule has 0 fully saturated rings. The van der Waals surface area contributed by atoms with Crippen molar-refractivity contribution in [1.29, 1.82) is 0 Å². The number of aromatic nitrogens is 1. The summed E-state index contributed by atoms with van der Waals surface area (Å²) in [7, 11) is 1.44. The van der Waals surface area contributed by atoms with E-state index in [1.807, 2.05) is 0 Å². The SMILES string of the molecule is COc1ccc(C(=O)O)cc1NC(=O)c1ccc[nH]1. The Morgan fingerprint density at radius 2 is 2.11 bits per heavy atom. The topological polar surface area (TPSA) is 91.4 Å². The normalized spacial score (nSPS) is 9.95. The molecule has 2 rings (SSSR count). The molecule has 0 aliphatic carbocycles. The first kappa shape index (κ1) is 12.7. The van der Waals surface area contributed by atoms with Crippen LogP contribution in [0.25, 0.3) is 0 Å². The van der Waals surface area contributed by atoms with E-state index in [9.17, 15) is 9.59 Å². The summed E-state index contributed by atoms with van der Waals surface area (Å²) in [5.41, 5.74) is 0.757. The van der Waals surface area contributed by atoms with Crippen molar-refractivity contribution < 1.29 is 19.4 Å². The fourth-order valence-corrected chi connectivity index (χ4v) is 1.60. The van der Waals surface area contributed by atoms with Crippen LogP contribution in [-0.2, 0) is 0 Å². The Hall–Kier alpha value is -2.76. The molecule has 2 aromatic rings. The van der Waals surface area contributed by atoms with E-state index in [4.69, 9.17) is 9.84 Å². The number of H-pyrrole nitrogens is 1. The third kappa shape index (κ3) is 2.74. The molecule has 1 heterocycles. The standard InChI is InChI=1S/C13H12N2O4/c1-19-11-5-4-8(13(17)18)7-10(11)15-12(16)9-3-2-6-14-9/h2-7,14H,1H3,(H,15,16)(H,17,18). The Morgan fingerprint density at radius 1 is 1.32 bits per heavy atom. The van der Waals surface area contributed by atoms with Gasteiger partial charge in [-0.25, -0.2) is 4.79 Å². The summed E-state index contributed by atoms with van der Waals surface area (Å²) in [4.78, 5) is 25.5. The van der Waals surface area contributed by atoms with Crippen molar-refractivity contribution in [3.05, 3.63) is 47.8 Å². The van der Waals surface area contributed by atoms with E-state index in [0.29, 0.717) is 17.1 Å². The van der Waals surface area contributed by atoms with Gasteiger partial charge in [0.05, 0.1) is 18.4 Å². The van der Waals surface area contributed by atoms with Gasteiger partial charge in [-0.05, 0) is 30.3 Å². The Morgan fingerprint density at radius 3 is 2.68 bits per heavy atom. The average Bonchev–Trinajstić information content (AvgIpc) is 2.92. The predicted octanol–water partition coefficient (Wildman–Crippen LogP) is 1.97. The number of carboxylic acids is 1. The van der Waals surface area contributed by atoms with Crippen molar-refractivity contribution in [2.24, 2.45) is 0 Å². The molecule has 1 aromatic heterocycles. The largest absolute Gasteiger partial charge is 0.495 e. The molecule has 0 aliphatic rings. The Kier molecular flexibility index (Phi) is 3.51. The third-order valence-corrected chi connectivity index (χ3v) is 2.54. The lowest BCUT2D eigenvalue weighted by atomic mass is 10.2. The molecule has 0 radical (unpaired) electrons. The maximum atomic E-state index is 11.9. The van der Waals surface area contributed by atoms with Crippen LogP contribution in [0.15, 0.2) is 36.5 Å². The van der Waals surface area contributed by atoms with E-state index >= 15 is 0 Å². The van der Waals surface area contributed by atoms with Crippen molar-refractivity contribution in [3.63, 3.8) is 0 Å². The second-order valence-electron chi connectivity index (χ2n) is 3.76. The highest BCUT2D eigenvalue weighted by Crippen LogP contribution is 2.26. The van der Waals surface area contributed by atoms with Gasteiger partial charge in [-0.1, -0.05) is 0 Å². The highest BCUT2D eigenvalue weighted by Gasteiger charge is 2.13. The van der Waals surface area contributed by atoms with E-state index in [-0.39, 0.29) is 11.5 Å². The van der Waals surface area contributed by atoms with Gasteiger partial charge >= 0.3 is 5.97 Å². The minimum Gasteiger partial charge on any atom is -0.495 e. The van der Waals surface area contributed by atoms with Gasteiger partial charge in [0.2, 0.25) is 0 Å². The number of anilines is 1. The second kappa shape index (κ2) is 5.26. The van der Waals surface area contributed by atoms with E-state index < -0.39 is 5.97 Å². The molecule has 19 heavy (non-hydrogen) atoms. The number of carboxylic acid groups (broad SMARTS) is 1. The van der Waals surface area contributed by atoms with Crippen LogP contribution in [0.5, 0.6) is 5.75 Å². The van der Waals surface area contributed by atoms with Crippen molar-refractivity contribution in [3.8, 4) is 5.75 Å². The van der Waals surface area contributed by atoms with Gasteiger partial charge in [-0.15, -0.1) is 0 Å². The summed E-state index contributed by atoms with van der Waals surface area (Å²) >= 11 is 0. The molecule has 98 valence electrons. The highest BCUT2D eigenvalue weighted by atomic mass is 16.5. The molecular formula is C13H12N2O4. The van der Waals surface area contributed by atoms with Crippen molar-refractivity contribution in [2.45, 2.75) is 0 Å². The van der Waals surface area contributed by atoms with Gasteiger partial charge in [0.15, 0.2) is 0 Å². The zero-order valence-corrected chi connectivity index (χ0v) is 10.1. The number of carbonyl (C=O) groups excluding carboxylic acids is 1. The van der Waals surface area contributed by atoms with Gasteiger partial charge in [-0.2, -0.15) is 0 Å². The maximum Gasteiger partial charge on any atom is 0.335 e. The van der Waals surface area contributed by atoms with Crippen molar-refractivity contribution >= 4 is 17.6 Å². The fourth-order valence-electron chi connectivity index (χ4n) is 1.60. The zero-order chi connectivity index (χ0) is 13.8. The molecule has 0 unspecified atom stereocenters. The van der Waals surface area contributed by atoms with Crippen LogP contribution in [0.4, 0.5) is 5.69 Å². The summed E-state index contributed by atoms with van der Waals surface area (Å²) in [5.74, 6) is -1.05. The number of ether oxygens (including phenoxy) is 1. The number of amides is 1. The molecule has 0 spiro atoms. The average molecular weight is 260 g/mol. The molecule has 1 aromatic carbocycles. The van der Waals surface area contributed by atoms with E-state index in [0.717, 1.165) is 0 Å². The summed E-state index contributed by atoms with van der Waals surface area (Å²) in [6.07, 6.45) is 1.62. The molecule has 0 saturated carbocycles. The number of benzene rings is 1. The lowest BCUT2D eigenvalue weighted by molar-refractivity contribution is 0.0696. The number of hydrogen-bond donors (Lipinski definition) is 3. The summed E-state index contributed by atoms with van der Waals surface area (Å²) in [6.45, 7) is 0. The van der Waals surface area contributed by atoms with Crippen molar-refractivity contribution in [1.82, 2.24) is 4.98 Å². The zero-order valence-electron chi connectivity index (χ0n) is 10.1. The number of aromatic carboxylic acids is 1. The Balaban J connectivity index is 2.30. The number of rotatable bonds is 4. The van der Waals surface area contributed by atoms with E-state index in [2.05, 4.69) is 10.3 Å². The molecule has 0 aliphatic heterocycles. The highest BCUT2D eigenvalue weighted by molar-refractivity contribution is 6.04. The second-order valence-corrected chi connectivity index (χ2v) is 3.76.